The highest BCUT2D eigenvalue weighted by Gasteiger charge is 2.14. The first-order valence-corrected chi connectivity index (χ1v) is 6.12. The molecule has 0 aliphatic carbocycles. The second-order valence-electron chi connectivity index (χ2n) is 4.31. The van der Waals surface area contributed by atoms with E-state index < -0.39 is 17.8 Å². The zero-order valence-corrected chi connectivity index (χ0v) is 10.7. The summed E-state index contributed by atoms with van der Waals surface area (Å²) in [5.74, 6) is -2.56. The number of benzene rings is 1. The fourth-order valence-electron chi connectivity index (χ4n) is 1.98. The SMILES string of the molecule is O=C(Nc1ccc(F)nc1F)c1cccc2cccnc12. The Kier molecular flexibility index (Phi) is 3.27. The third kappa shape index (κ3) is 2.55. The average Bonchev–Trinajstić information content (AvgIpc) is 2.49. The fraction of sp³-hybridized carbons (Fsp3) is 0. The number of anilines is 1. The first kappa shape index (κ1) is 13.1. The smallest absolute Gasteiger partial charge is 0.257 e. The molecular formula is C15H9F2N3O. The summed E-state index contributed by atoms with van der Waals surface area (Å²) in [5, 5.41) is 3.16. The van der Waals surface area contributed by atoms with Crippen molar-refractivity contribution >= 4 is 22.5 Å². The highest BCUT2D eigenvalue weighted by molar-refractivity contribution is 6.11. The van der Waals surface area contributed by atoms with Crippen LogP contribution < -0.4 is 5.32 Å². The van der Waals surface area contributed by atoms with Crippen molar-refractivity contribution in [3.8, 4) is 0 Å². The molecule has 0 aliphatic heterocycles. The van der Waals surface area contributed by atoms with Gasteiger partial charge >= 0.3 is 0 Å². The van der Waals surface area contributed by atoms with Crippen molar-refractivity contribution < 1.29 is 13.6 Å². The lowest BCUT2D eigenvalue weighted by Crippen LogP contribution is -2.14. The number of nitrogens with one attached hydrogen (secondary N) is 1. The van der Waals surface area contributed by atoms with Gasteiger partial charge in [-0.3, -0.25) is 9.78 Å². The summed E-state index contributed by atoms with van der Waals surface area (Å²) in [6, 6.07) is 10.8. The number of hydrogen-bond donors (Lipinski definition) is 1. The number of carbonyl (C=O) groups is 1. The van der Waals surface area contributed by atoms with Crippen molar-refractivity contribution in [2.45, 2.75) is 0 Å². The van der Waals surface area contributed by atoms with E-state index in [4.69, 9.17) is 0 Å². The van der Waals surface area contributed by atoms with Crippen molar-refractivity contribution in [2.24, 2.45) is 0 Å². The van der Waals surface area contributed by atoms with Gasteiger partial charge in [-0.2, -0.15) is 13.8 Å². The zero-order valence-electron chi connectivity index (χ0n) is 10.7. The van der Waals surface area contributed by atoms with Crippen molar-refractivity contribution in [2.75, 3.05) is 5.32 Å². The predicted molar refractivity (Wildman–Crippen MR) is 73.8 cm³/mol. The molecule has 0 spiro atoms. The Balaban J connectivity index is 1.97. The first-order chi connectivity index (χ1) is 10.1. The molecule has 3 rings (SSSR count). The summed E-state index contributed by atoms with van der Waals surface area (Å²) >= 11 is 0. The summed E-state index contributed by atoms with van der Waals surface area (Å²) < 4.78 is 26.2. The minimum Gasteiger partial charge on any atom is -0.318 e. The molecule has 0 atom stereocenters. The van der Waals surface area contributed by atoms with Gasteiger partial charge in [0.05, 0.1) is 16.8 Å². The molecule has 0 aliphatic rings. The number of aromatic nitrogens is 2. The minimum atomic E-state index is -1.07. The largest absolute Gasteiger partial charge is 0.318 e. The van der Waals surface area contributed by atoms with E-state index in [1.54, 1.807) is 24.4 Å². The number of nitrogens with zero attached hydrogens (tertiary/aromatic N) is 2. The summed E-state index contributed by atoms with van der Waals surface area (Å²) in [5.41, 5.74) is 0.624. The molecule has 1 amide bonds. The minimum absolute atomic E-state index is 0.186. The molecule has 0 bridgehead atoms. The summed E-state index contributed by atoms with van der Waals surface area (Å²) in [6.07, 6.45) is 1.57. The highest BCUT2D eigenvalue weighted by atomic mass is 19.1. The molecule has 0 unspecified atom stereocenters. The molecule has 3 aromatic rings. The van der Waals surface area contributed by atoms with Crippen LogP contribution in [-0.4, -0.2) is 15.9 Å². The first-order valence-electron chi connectivity index (χ1n) is 6.12. The average molecular weight is 285 g/mol. The molecule has 1 aromatic carbocycles. The molecule has 2 heterocycles. The van der Waals surface area contributed by atoms with Crippen LogP contribution in [-0.2, 0) is 0 Å². The third-order valence-corrected chi connectivity index (χ3v) is 2.94. The standard InChI is InChI=1S/C15H9F2N3O/c16-12-7-6-11(14(17)20-12)19-15(21)10-5-1-3-9-4-2-8-18-13(9)10/h1-8H,(H,19,21). The van der Waals surface area contributed by atoms with Gasteiger partial charge < -0.3 is 5.32 Å². The monoisotopic (exact) mass is 285 g/mol. The molecule has 1 N–H and O–H groups in total. The number of fused-ring (bicyclic) bond motifs is 1. The number of hydrogen-bond acceptors (Lipinski definition) is 3. The number of carbonyl (C=O) groups excluding carboxylic acids is 1. The van der Waals surface area contributed by atoms with Gasteiger partial charge in [-0.25, -0.2) is 0 Å². The van der Waals surface area contributed by atoms with E-state index in [0.717, 1.165) is 17.5 Å². The predicted octanol–water partition coefficient (Wildman–Crippen LogP) is 3.16. The Bertz CT molecular complexity index is 831. The third-order valence-electron chi connectivity index (χ3n) is 2.94. The molecule has 0 saturated heterocycles. The van der Waals surface area contributed by atoms with Gasteiger partial charge in [0.15, 0.2) is 0 Å². The van der Waals surface area contributed by atoms with Crippen LogP contribution >= 0.6 is 0 Å². The van der Waals surface area contributed by atoms with Gasteiger partial charge in [0.2, 0.25) is 11.9 Å². The van der Waals surface area contributed by atoms with Crippen molar-refractivity contribution in [3.63, 3.8) is 0 Å². The van der Waals surface area contributed by atoms with Crippen LogP contribution in [0.15, 0.2) is 48.7 Å². The molecule has 0 fully saturated rings. The second kappa shape index (κ2) is 5.24. The summed E-state index contributed by atoms with van der Waals surface area (Å²) in [7, 11) is 0. The van der Waals surface area contributed by atoms with Gasteiger partial charge in [0, 0.05) is 11.6 Å². The fourth-order valence-corrected chi connectivity index (χ4v) is 1.98. The van der Waals surface area contributed by atoms with Crippen LogP contribution in [0.2, 0.25) is 0 Å². The number of halogens is 2. The van der Waals surface area contributed by atoms with E-state index in [2.05, 4.69) is 15.3 Å². The quantitative estimate of drug-likeness (QED) is 0.736. The molecule has 21 heavy (non-hydrogen) atoms. The topological polar surface area (TPSA) is 54.9 Å². The van der Waals surface area contributed by atoms with Crippen LogP contribution in [0.4, 0.5) is 14.5 Å². The van der Waals surface area contributed by atoms with Crippen LogP contribution in [0.3, 0.4) is 0 Å². The van der Waals surface area contributed by atoms with Gasteiger partial charge in [-0.1, -0.05) is 18.2 Å². The molecular weight excluding hydrogens is 276 g/mol. The summed E-state index contributed by atoms with van der Waals surface area (Å²) in [4.78, 5) is 19.4. The number of pyridine rings is 2. The van der Waals surface area contributed by atoms with Gasteiger partial charge in [-0.05, 0) is 24.3 Å². The molecule has 104 valence electrons. The van der Waals surface area contributed by atoms with Crippen molar-refractivity contribution in [1.29, 1.82) is 0 Å². The van der Waals surface area contributed by atoms with Crippen LogP contribution in [0, 0.1) is 11.9 Å². The van der Waals surface area contributed by atoms with E-state index in [1.165, 1.54) is 0 Å². The number of para-hydroxylation sites is 1. The maximum absolute atomic E-state index is 13.5. The Hall–Kier alpha value is -2.89. The Morgan fingerprint density at radius 2 is 1.86 bits per heavy atom. The Morgan fingerprint density at radius 3 is 2.67 bits per heavy atom. The normalized spacial score (nSPS) is 10.6. The maximum atomic E-state index is 13.5. The summed E-state index contributed by atoms with van der Waals surface area (Å²) in [6.45, 7) is 0. The lowest BCUT2D eigenvalue weighted by Gasteiger charge is -2.07. The lowest BCUT2D eigenvalue weighted by atomic mass is 10.1. The molecule has 6 heteroatoms. The Labute approximate surface area is 118 Å². The van der Waals surface area contributed by atoms with Gasteiger partial charge in [-0.15, -0.1) is 0 Å². The van der Waals surface area contributed by atoms with Gasteiger partial charge in [0.25, 0.3) is 5.91 Å². The van der Waals surface area contributed by atoms with Crippen molar-refractivity contribution in [3.05, 3.63) is 66.1 Å². The van der Waals surface area contributed by atoms with Crippen LogP contribution in [0.1, 0.15) is 10.4 Å². The Morgan fingerprint density at radius 1 is 1.05 bits per heavy atom. The second-order valence-corrected chi connectivity index (χ2v) is 4.31. The van der Waals surface area contributed by atoms with E-state index in [1.807, 2.05) is 12.1 Å². The highest BCUT2D eigenvalue weighted by Crippen LogP contribution is 2.18. The van der Waals surface area contributed by atoms with E-state index in [9.17, 15) is 13.6 Å². The number of amides is 1. The van der Waals surface area contributed by atoms with Gasteiger partial charge in [0.1, 0.15) is 0 Å². The van der Waals surface area contributed by atoms with E-state index in [0.29, 0.717) is 11.1 Å². The number of rotatable bonds is 2. The molecule has 0 radical (unpaired) electrons. The molecule has 4 nitrogen and oxygen atoms in total. The van der Waals surface area contributed by atoms with Crippen LogP contribution in [0.25, 0.3) is 10.9 Å². The van der Waals surface area contributed by atoms with E-state index in [-0.39, 0.29) is 5.69 Å². The van der Waals surface area contributed by atoms with E-state index >= 15 is 0 Å². The van der Waals surface area contributed by atoms with Crippen molar-refractivity contribution in [1.82, 2.24) is 9.97 Å². The van der Waals surface area contributed by atoms with Crippen LogP contribution in [0.5, 0.6) is 0 Å². The lowest BCUT2D eigenvalue weighted by molar-refractivity contribution is 0.102. The molecule has 2 aromatic heterocycles. The molecule has 0 saturated carbocycles. The maximum Gasteiger partial charge on any atom is 0.257 e. The zero-order chi connectivity index (χ0) is 14.8.